The maximum Gasteiger partial charge on any atom is 0.401 e. The van der Waals surface area contributed by atoms with Crippen molar-refractivity contribution in [3.63, 3.8) is 0 Å². The molecule has 1 fully saturated rings. The van der Waals surface area contributed by atoms with Crippen molar-refractivity contribution in [3.8, 4) is 0 Å². The Balaban J connectivity index is 2.79. The van der Waals surface area contributed by atoms with Crippen molar-refractivity contribution < 1.29 is 18.3 Å². The van der Waals surface area contributed by atoms with E-state index in [1.807, 2.05) is 20.8 Å². The normalized spacial score (nSPS) is 27.6. The quantitative estimate of drug-likeness (QED) is 0.759. The molecule has 2 atom stereocenters. The number of aliphatic hydroxyl groups excluding tert-OH is 1. The maximum atomic E-state index is 12.8. The molecule has 2 unspecified atom stereocenters. The van der Waals surface area contributed by atoms with Gasteiger partial charge in [0.2, 0.25) is 0 Å². The maximum absolute atomic E-state index is 12.8. The minimum Gasteiger partial charge on any atom is -0.394 e. The monoisotopic (exact) mass is 310 g/mol. The molecule has 1 aliphatic carbocycles. The van der Waals surface area contributed by atoms with E-state index < -0.39 is 18.3 Å². The molecule has 0 heterocycles. The van der Waals surface area contributed by atoms with Gasteiger partial charge >= 0.3 is 6.18 Å². The van der Waals surface area contributed by atoms with Gasteiger partial charge in [0.15, 0.2) is 0 Å². The summed E-state index contributed by atoms with van der Waals surface area (Å²) in [6, 6.07) is 0.0943. The second kappa shape index (κ2) is 7.79. The lowest BCUT2D eigenvalue weighted by Gasteiger charge is -2.45. The van der Waals surface area contributed by atoms with Crippen LogP contribution in [0.4, 0.5) is 13.2 Å². The largest absolute Gasteiger partial charge is 0.401 e. The van der Waals surface area contributed by atoms with Crippen molar-refractivity contribution in [1.29, 1.82) is 0 Å². The molecule has 0 aromatic rings. The van der Waals surface area contributed by atoms with Crippen molar-refractivity contribution >= 4 is 0 Å². The standard InChI is InChI=1S/C15H29F3N2O/c1-4-8-20(10-15(16,17)18)13-6-5-7-14(9-13,11-21)19-12(2)3/h12-13,19,21H,4-11H2,1-3H3. The van der Waals surface area contributed by atoms with Crippen LogP contribution in [0, 0.1) is 0 Å². The minimum absolute atomic E-state index is 0.0202. The third-order valence-electron chi connectivity index (χ3n) is 4.13. The van der Waals surface area contributed by atoms with E-state index in [9.17, 15) is 18.3 Å². The van der Waals surface area contributed by atoms with Gasteiger partial charge in [-0.3, -0.25) is 4.90 Å². The van der Waals surface area contributed by atoms with Crippen LogP contribution in [-0.2, 0) is 0 Å². The first-order valence-electron chi connectivity index (χ1n) is 7.91. The summed E-state index contributed by atoms with van der Waals surface area (Å²) in [5.74, 6) is 0. The number of nitrogens with zero attached hydrogens (tertiary/aromatic N) is 1. The lowest BCUT2D eigenvalue weighted by Crippen LogP contribution is -2.58. The molecule has 0 bridgehead atoms. The lowest BCUT2D eigenvalue weighted by atomic mass is 9.78. The van der Waals surface area contributed by atoms with Gasteiger partial charge in [0.05, 0.1) is 13.2 Å². The average Bonchev–Trinajstić information content (AvgIpc) is 2.36. The summed E-state index contributed by atoms with van der Waals surface area (Å²) in [6.07, 6.45) is -0.432. The summed E-state index contributed by atoms with van der Waals surface area (Å²) >= 11 is 0. The Morgan fingerprint density at radius 3 is 2.52 bits per heavy atom. The van der Waals surface area contributed by atoms with Crippen molar-refractivity contribution in [2.45, 2.75) is 76.7 Å². The highest BCUT2D eigenvalue weighted by Crippen LogP contribution is 2.33. The van der Waals surface area contributed by atoms with Gasteiger partial charge in [0.25, 0.3) is 0 Å². The molecule has 0 amide bonds. The third kappa shape index (κ3) is 6.12. The lowest BCUT2D eigenvalue weighted by molar-refractivity contribution is -0.154. The van der Waals surface area contributed by atoms with Crippen LogP contribution in [0.1, 0.15) is 52.9 Å². The van der Waals surface area contributed by atoms with Crippen LogP contribution in [0.3, 0.4) is 0 Å². The van der Waals surface area contributed by atoms with E-state index in [4.69, 9.17) is 0 Å². The summed E-state index contributed by atoms with van der Waals surface area (Å²) in [5, 5.41) is 13.1. The number of hydrogen-bond acceptors (Lipinski definition) is 3. The Morgan fingerprint density at radius 2 is 2.05 bits per heavy atom. The van der Waals surface area contributed by atoms with Gasteiger partial charge in [0.1, 0.15) is 0 Å². The zero-order valence-corrected chi connectivity index (χ0v) is 13.3. The van der Waals surface area contributed by atoms with E-state index in [1.165, 1.54) is 0 Å². The van der Waals surface area contributed by atoms with Gasteiger partial charge in [0, 0.05) is 17.6 Å². The molecule has 6 heteroatoms. The predicted molar refractivity (Wildman–Crippen MR) is 78.3 cm³/mol. The molecule has 2 N–H and O–H groups in total. The van der Waals surface area contributed by atoms with Crippen molar-refractivity contribution in [3.05, 3.63) is 0 Å². The Hall–Kier alpha value is -0.330. The van der Waals surface area contributed by atoms with Crippen LogP contribution in [-0.4, -0.2) is 53.5 Å². The molecule has 0 aromatic heterocycles. The van der Waals surface area contributed by atoms with Crippen LogP contribution in [0.2, 0.25) is 0 Å². The topological polar surface area (TPSA) is 35.5 Å². The van der Waals surface area contributed by atoms with Crippen LogP contribution in [0.25, 0.3) is 0 Å². The molecule has 21 heavy (non-hydrogen) atoms. The van der Waals surface area contributed by atoms with Crippen LogP contribution < -0.4 is 5.32 Å². The van der Waals surface area contributed by atoms with Crippen molar-refractivity contribution in [2.24, 2.45) is 0 Å². The molecular weight excluding hydrogens is 281 g/mol. The highest BCUT2D eigenvalue weighted by molar-refractivity contribution is 4.97. The molecule has 1 aliphatic rings. The molecule has 0 radical (unpaired) electrons. The number of halogens is 3. The van der Waals surface area contributed by atoms with Gasteiger partial charge < -0.3 is 10.4 Å². The van der Waals surface area contributed by atoms with E-state index in [0.717, 1.165) is 19.3 Å². The van der Waals surface area contributed by atoms with Crippen LogP contribution in [0.15, 0.2) is 0 Å². The summed E-state index contributed by atoms with van der Waals surface area (Å²) in [7, 11) is 0. The van der Waals surface area contributed by atoms with Crippen molar-refractivity contribution in [1.82, 2.24) is 10.2 Å². The Labute approximate surface area is 125 Å². The minimum atomic E-state index is -4.17. The first-order chi connectivity index (χ1) is 9.71. The number of hydrogen-bond donors (Lipinski definition) is 2. The molecule has 1 rings (SSSR count). The second-order valence-electron chi connectivity index (χ2n) is 6.57. The molecule has 126 valence electrons. The fourth-order valence-electron chi connectivity index (χ4n) is 3.48. The number of alkyl halides is 3. The van der Waals surface area contributed by atoms with Crippen molar-refractivity contribution in [2.75, 3.05) is 19.7 Å². The Kier molecular flexibility index (Phi) is 6.94. The molecule has 0 spiro atoms. The number of rotatable bonds is 7. The smallest absolute Gasteiger partial charge is 0.394 e. The SMILES string of the molecule is CCCN(CC(F)(F)F)C1CCCC(CO)(NC(C)C)C1. The third-order valence-corrected chi connectivity index (χ3v) is 4.13. The van der Waals surface area contributed by atoms with Gasteiger partial charge in [-0.25, -0.2) is 0 Å². The van der Waals surface area contributed by atoms with Crippen LogP contribution >= 0.6 is 0 Å². The molecule has 0 aromatic carbocycles. The zero-order valence-electron chi connectivity index (χ0n) is 13.3. The number of nitrogens with one attached hydrogen (secondary N) is 1. The fraction of sp³-hybridized carbons (Fsp3) is 1.00. The zero-order chi connectivity index (χ0) is 16.1. The highest BCUT2D eigenvalue weighted by Gasteiger charge is 2.40. The van der Waals surface area contributed by atoms with Gasteiger partial charge in [-0.15, -0.1) is 0 Å². The highest BCUT2D eigenvalue weighted by atomic mass is 19.4. The van der Waals surface area contributed by atoms with Gasteiger partial charge in [-0.2, -0.15) is 13.2 Å². The van der Waals surface area contributed by atoms with E-state index in [-0.39, 0.29) is 18.7 Å². The predicted octanol–water partition coefficient (Wildman–Crippen LogP) is 2.93. The van der Waals surface area contributed by atoms with Gasteiger partial charge in [-0.1, -0.05) is 20.8 Å². The second-order valence-corrected chi connectivity index (χ2v) is 6.57. The van der Waals surface area contributed by atoms with E-state index in [2.05, 4.69) is 5.32 Å². The van der Waals surface area contributed by atoms with Crippen LogP contribution in [0.5, 0.6) is 0 Å². The van der Waals surface area contributed by atoms with E-state index >= 15 is 0 Å². The summed E-state index contributed by atoms with van der Waals surface area (Å²) in [4.78, 5) is 1.55. The van der Waals surface area contributed by atoms with E-state index in [1.54, 1.807) is 4.90 Å². The average molecular weight is 310 g/mol. The molecule has 0 aliphatic heterocycles. The fourth-order valence-corrected chi connectivity index (χ4v) is 3.48. The molecule has 3 nitrogen and oxygen atoms in total. The Morgan fingerprint density at radius 1 is 1.38 bits per heavy atom. The molecule has 1 saturated carbocycles. The van der Waals surface area contributed by atoms with Gasteiger partial charge in [-0.05, 0) is 38.6 Å². The Bertz CT molecular complexity index is 310. The molecular formula is C15H29F3N2O. The summed E-state index contributed by atoms with van der Waals surface area (Å²) in [6.45, 7) is 5.48. The van der Waals surface area contributed by atoms with E-state index in [0.29, 0.717) is 19.4 Å². The molecule has 0 saturated heterocycles. The number of aliphatic hydroxyl groups is 1. The first kappa shape index (κ1) is 18.7. The summed E-state index contributed by atoms with van der Waals surface area (Å²) in [5.41, 5.74) is -0.436. The first-order valence-corrected chi connectivity index (χ1v) is 7.91. The summed E-state index contributed by atoms with van der Waals surface area (Å²) < 4.78 is 38.3.